The van der Waals surface area contributed by atoms with Crippen LogP contribution in [-0.4, -0.2) is 21.6 Å². The van der Waals surface area contributed by atoms with Crippen molar-refractivity contribution >= 4 is 17.6 Å². The maximum atomic E-state index is 12.6. The second kappa shape index (κ2) is 7.96. The van der Waals surface area contributed by atoms with Gasteiger partial charge in [-0.15, -0.1) is 0 Å². The van der Waals surface area contributed by atoms with E-state index in [1.165, 1.54) is 10.9 Å². The number of benzene rings is 1. The van der Waals surface area contributed by atoms with Gasteiger partial charge < -0.3 is 19.5 Å². The maximum absolute atomic E-state index is 12.6. The van der Waals surface area contributed by atoms with Gasteiger partial charge in [0.2, 0.25) is 5.91 Å². The highest BCUT2D eigenvalue weighted by atomic mass is 16.3. The van der Waals surface area contributed by atoms with E-state index in [1.54, 1.807) is 36.6 Å². The van der Waals surface area contributed by atoms with Gasteiger partial charge in [-0.1, -0.05) is 30.3 Å². The van der Waals surface area contributed by atoms with Gasteiger partial charge in [0, 0.05) is 18.5 Å². The Morgan fingerprint density at radius 3 is 2.61 bits per heavy atom. The van der Waals surface area contributed by atoms with Crippen LogP contribution in [0.3, 0.4) is 0 Å². The van der Waals surface area contributed by atoms with E-state index < -0.39 is 12.2 Å². The first-order chi connectivity index (χ1) is 15.2. The molecule has 0 saturated carbocycles. The molecule has 5 rings (SSSR count). The molecule has 1 aliphatic rings. The first-order valence-corrected chi connectivity index (χ1v) is 9.76. The van der Waals surface area contributed by atoms with Crippen LogP contribution >= 0.6 is 0 Å². The monoisotopic (exact) mass is 417 g/mol. The number of anilines is 1. The fourth-order valence-electron chi connectivity index (χ4n) is 3.53. The Kier molecular flexibility index (Phi) is 4.85. The molecule has 9 nitrogen and oxygen atoms in total. The van der Waals surface area contributed by atoms with Crippen LogP contribution in [0, 0.1) is 0 Å². The SMILES string of the molecule is O=C1CC(c2ccccc2)NC(n2nc(-c3ccco3)cc2NC(=O)c2ccco2)N1. The fraction of sp³-hybridized carbons (Fsp3) is 0.136. The molecule has 1 fully saturated rings. The maximum Gasteiger partial charge on any atom is 0.292 e. The van der Waals surface area contributed by atoms with Gasteiger partial charge in [0.05, 0.1) is 12.5 Å². The van der Waals surface area contributed by atoms with Crippen molar-refractivity contribution in [2.45, 2.75) is 18.8 Å². The number of carbonyl (C=O) groups is 2. The third-order valence-electron chi connectivity index (χ3n) is 4.99. The third kappa shape index (κ3) is 3.86. The largest absolute Gasteiger partial charge is 0.463 e. The molecular formula is C22H19N5O4. The normalized spacial score (nSPS) is 18.5. The molecule has 1 saturated heterocycles. The number of aromatic nitrogens is 2. The zero-order chi connectivity index (χ0) is 21.2. The quantitative estimate of drug-likeness (QED) is 0.459. The zero-order valence-electron chi connectivity index (χ0n) is 16.3. The number of nitrogens with one attached hydrogen (secondary N) is 3. The lowest BCUT2D eigenvalue weighted by Gasteiger charge is -2.32. The Bertz CT molecular complexity index is 1180. The highest BCUT2D eigenvalue weighted by Crippen LogP contribution is 2.28. The number of nitrogens with zero attached hydrogens (tertiary/aromatic N) is 2. The summed E-state index contributed by atoms with van der Waals surface area (Å²) in [6.07, 6.45) is 2.58. The van der Waals surface area contributed by atoms with E-state index in [2.05, 4.69) is 21.0 Å². The van der Waals surface area contributed by atoms with Gasteiger partial charge in [-0.3, -0.25) is 14.9 Å². The summed E-state index contributed by atoms with van der Waals surface area (Å²) in [6, 6.07) is 17.9. The molecule has 1 aliphatic heterocycles. The van der Waals surface area contributed by atoms with Crippen LogP contribution in [-0.2, 0) is 4.79 Å². The minimum absolute atomic E-state index is 0.129. The highest BCUT2D eigenvalue weighted by molar-refractivity contribution is 6.02. The fourth-order valence-corrected chi connectivity index (χ4v) is 3.53. The summed E-state index contributed by atoms with van der Waals surface area (Å²) in [5.41, 5.74) is 1.50. The van der Waals surface area contributed by atoms with Gasteiger partial charge in [0.1, 0.15) is 11.5 Å². The number of amides is 2. The lowest BCUT2D eigenvalue weighted by molar-refractivity contribution is -0.125. The van der Waals surface area contributed by atoms with E-state index in [1.807, 2.05) is 30.3 Å². The van der Waals surface area contributed by atoms with Crippen molar-refractivity contribution in [2.24, 2.45) is 0 Å². The number of carbonyl (C=O) groups excluding carboxylic acids is 2. The predicted octanol–water partition coefficient (Wildman–Crippen LogP) is 3.30. The first kappa shape index (κ1) is 18.9. The predicted molar refractivity (Wildman–Crippen MR) is 111 cm³/mol. The second-order valence-corrected chi connectivity index (χ2v) is 7.07. The third-order valence-corrected chi connectivity index (χ3v) is 4.99. The molecule has 1 aromatic carbocycles. The van der Waals surface area contributed by atoms with Crippen molar-refractivity contribution in [3.63, 3.8) is 0 Å². The lowest BCUT2D eigenvalue weighted by atomic mass is 10.0. The van der Waals surface area contributed by atoms with E-state index in [0.717, 1.165) is 5.56 Å². The summed E-state index contributed by atoms with van der Waals surface area (Å²) in [7, 11) is 0. The topological polar surface area (TPSA) is 114 Å². The van der Waals surface area contributed by atoms with Crippen LogP contribution in [0.2, 0.25) is 0 Å². The van der Waals surface area contributed by atoms with Gasteiger partial charge in [-0.2, -0.15) is 5.10 Å². The van der Waals surface area contributed by atoms with Crippen molar-refractivity contribution in [2.75, 3.05) is 5.32 Å². The molecule has 156 valence electrons. The Labute approximate surface area is 177 Å². The highest BCUT2D eigenvalue weighted by Gasteiger charge is 2.30. The summed E-state index contributed by atoms with van der Waals surface area (Å²) in [4.78, 5) is 25.1. The van der Waals surface area contributed by atoms with Crippen molar-refractivity contribution in [3.8, 4) is 11.5 Å². The van der Waals surface area contributed by atoms with E-state index >= 15 is 0 Å². The molecule has 0 radical (unpaired) electrons. The van der Waals surface area contributed by atoms with Crippen molar-refractivity contribution in [1.82, 2.24) is 20.4 Å². The number of rotatable bonds is 5. The summed E-state index contributed by atoms with van der Waals surface area (Å²) in [5.74, 6) is 0.512. The van der Waals surface area contributed by atoms with Gasteiger partial charge >= 0.3 is 0 Å². The Morgan fingerprint density at radius 2 is 1.87 bits per heavy atom. The molecule has 2 unspecified atom stereocenters. The Balaban J connectivity index is 1.49. The summed E-state index contributed by atoms with van der Waals surface area (Å²) >= 11 is 0. The van der Waals surface area contributed by atoms with Crippen molar-refractivity contribution in [3.05, 3.63) is 84.5 Å². The van der Waals surface area contributed by atoms with Gasteiger partial charge in [0.25, 0.3) is 5.91 Å². The molecule has 2 atom stereocenters. The number of furan rings is 2. The number of hydrogen-bond donors (Lipinski definition) is 3. The minimum atomic E-state index is -0.679. The van der Waals surface area contributed by atoms with Crippen LogP contribution in [0.5, 0.6) is 0 Å². The average Bonchev–Trinajstić information content (AvgIpc) is 3.55. The van der Waals surface area contributed by atoms with Gasteiger partial charge in [-0.25, -0.2) is 4.68 Å². The average molecular weight is 417 g/mol. The standard InChI is InChI=1S/C22H19N5O4/c28-20-13-15(14-6-2-1-3-7-14)23-22(25-20)27-19(24-21(29)18-9-5-11-31-18)12-16(26-27)17-8-4-10-30-17/h1-12,15,22-23H,13H2,(H,24,29)(H,25,28). The molecule has 0 aliphatic carbocycles. The van der Waals surface area contributed by atoms with Crippen LogP contribution in [0.25, 0.3) is 11.5 Å². The molecule has 3 N–H and O–H groups in total. The first-order valence-electron chi connectivity index (χ1n) is 9.76. The van der Waals surface area contributed by atoms with Gasteiger partial charge in [0.15, 0.2) is 17.8 Å². The van der Waals surface area contributed by atoms with Gasteiger partial charge in [-0.05, 0) is 29.8 Å². The molecular weight excluding hydrogens is 398 g/mol. The molecule has 0 bridgehead atoms. The van der Waals surface area contributed by atoms with E-state index in [9.17, 15) is 9.59 Å². The van der Waals surface area contributed by atoms with Crippen LogP contribution in [0.1, 0.15) is 34.9 Å². The molecule has 3 aromatic heterocycles. The number of hydrogen-bond acceptors (Lipinski definition) is 6. The van der Waals surface area contributed by atoms with Crippen molar-refractivity contribution in [1.29, 1.82) is 0 Å². The van der Waals surface area contributed by atoms with Crippen LogP contribution < -0.4 is 16.0 Å². The lowest BCUT2D eigenvalue weighted by Crippen LogP contribution is -2.50. The zero-order valence-corrected chi connectivity index (χ0v) is 16.3. The summed E-state index contributed by atoms with van der Waals surface area (Å²) in [5, 5.41) is 13.6. The van der Waals surface area contributed by atoms with Crippen LogP contribution in [0.4, 0.5) is 5.82 Å². The molecule has 4 aromatic rings. The van der Waals surface area contributed by atoms with E-state index in [-0.39, 0.29) is 17.7 Å². The molecule has 0 spiro atoms. The second-order valence-electron chi connectivity index (χ2n) is 7.07. The van der Waals surface area contributed by atoms with E-state index in [0.29, 0.717) is 23.7 Å². The molecule has 9 heteroatoms. The van der Waals surface area contributed by atoms with Crippen molar-refractivity contribution < 1.29 is 18.4 Å². The molecule has 31 heavy (non-hydrogen) atoms. The smallest absolute Gasteiger partial charge is 0.292 e. The summed E-state index contributed by atoms with van der Waals surface area (Å²) in [6.45, 7) is 0. The molecule has 4 heterocycles. The molecule has 2 amide bonds. The minimum Gasteiger partial charge on any atom is -0.463 e. The Morgan fingerprint density at radius 1 is 1.06 bits per heavy atom. The Hall–Kier alpha value is -4.11. The van der Waals surface area contributed by atoms with E-state index in [4.69, 9.17) is 8.83 Å². The summed E-state index contributed by atoms with van der Waals surface area (Å²) < 4.78 is 12.1. The van der Waals surface area contributed by atoms with Crippen LogP contribution in [0.15, 0.2) is 82.0 Å².